The number of H-pyrrole nitrogens is 1. The number of carbonyl (C=O) groups is 1. The molecule has 0 spiro atoms. The molecule has 1 aromatic rings. The molecule has 0 aliphatic rings. The van der Waals surface area contributed by atoms with Gasteiger partial charge in [-0.05, 0) is 0 Å². The van der Waals surface area contributed by atoms with Crippen LogP contribution >= 0.6 is 0 Å². The second-order valence-electron chi connectivity index (χ2n) is 1.96. The second-order valence-corrected chi connectivity index (χ2v) is 1.96. The third kappa shape index (κ3) is 1.37. The van der Waals surface area contributed by atoms with Gasteiger partial charge in [0.25, 0.3) is 5.91 Å². The molecule has 58 valence electrons. The summed E-state index contributed by atoms with van der Waals surface area (Å²) in [5.74, 6) is -1.17. The summed E-state index contributed by atoms with van der Waals surface area (Å²) in [5.41, 5.74) is 4.19. The first kappa shape index (κ1) is 7.33. The smallest absolute Gasteiger partial charge is 0.265 e. The van der Waals surface area contributed by atoms with E-state index in [9.17, 15) is 9.59 Å². The molecule has 5 heteroatoms. The van der Waals surface area contributed by atoms with Crippen molar-refractivity contribution in [1.82, 2.24) is 4.98 Å². The topological polar surface area (TPSA) is 96.2 Å². The first-order chi connectivity index (χ1) is 5.11. The molecular formula is C6H6N2O3. The molecule has 5 nitrogen and oxygen atoms in total. The van der Waals surface area contributed by atoms with E-state index in [0.29, 0.717) is 0 Å². The van der Waals surface area contributed by atoms with Crippen molar-refractivity contribution in [2.45, 2.75) is 0 Å². The van der Waals surface area contributed by atoms with Crippen molar-refractivity contribution in [3.63, 3.8) is 0 Å². The Kier molecular flexibility index (Phi) is 1.63. The molecule has 0 unspecified atom stereocenters. The number of aromatic hydroxyl groups is 1. The molecule has 0 atom stereocenters. The van der Waals surface area contributed by atoms with E-state index in [1.807, 2.05) is 0 Å². The third-order valence-electron chi connectivity index (χ3n) is 1.16. The number of nitrogens with one attached hydrogen (secondary N) is 1. The van der Waals surface area contributed by atoms with Crippen molar-refractivity contribution >= 4 is 5.91 Å². The van der Waals surface area contributed by atoms with Crippen LogP contribution in [0.5, 0.6) is 5.75 Å². The zero-order valence-electron chi connectivity index (χ0n) is 5.50. The largest absolute Gasteiger partial charge is 0.503 e. The highest BCUT2D eigenvalue weighted by atomic mass is 16.3. The molecule has 0 aliphatic heterocycles. The predicted molar refractivity (Wildman–Crippen MR) is 37.2 cm³/mol. The van der Waals surface area contributed by atoms with Crippen LogP contribution in [0.15, 0.2) is 17.1 Å². The van der Waals surface area contributed by atoms with Gasteiger partial charge in [0.2, 0.25) is 5.43 Å². The van der Waals surface area contributed by atoms with Gasteiger partial charge in [-0.1, -0.05) is 0 Å². The average molecular weight is 154 g/mol. The van der Waals surface area contributed by atoms with E-state index in [1.54, 1.807) is 0 Å². The van der Waals surface area contributed by atoms with Gasteiger partial charge in [0.15, 0.2) is 5.75 Å². The van der Waals surface area contributed by atoms with E-state index in [-0.39, 0.29) is 5.69 Å². The highest BCUT2D eigenvalue weighted by molar-refractivity contribution is 5.90. The van der Waals surface area contributed by atoms with Crippen LogP contribution in [0.3, 0.4) is 0 Å². The summed E-state index contributed by atoms with van der Waals surface area (Å²) >= 11 is 0. The van der Waals surface area contributed by atoms with Crippen molar-refractivity contribution in [2.24, 2.45) is 5.73 Å². The van der Waals surface area contributed by atoms with Crippen molar-refractivity contribution in [3.05, 3.63) is 28.2 Å². The Morgan fingerprint density at radius 2 is 2.27 bits per heavy atom. The van der Waals surface area contributed by atoms with Crippen molar-refractivity contribution in [3.8, 4) is 5.75 Å². The summed E-state index contributed by atoms with van der Waals surface area (Å²) < 4.78 is 0. The van der Waals surface area contributed by atoms with Gasteiger partial charge in [-0.2, -0.15) is 0 Å². The van der Waals surface area contributed by atoms with Gasteiger partial charge in [-0.15, -0.1) is 0 Å². The van der Waals surface area contributed by atoms with Gasteiger partial charge in [0.1, 0.15) is 5.69 Å². The molecule has 0 radical (unpaired) electrons. The summed E-state index contributed by atoms with van der Waals surface area (Å²) in [7, 11) is 0. The lowest BCUT2D eigenvalue weighted by atomic mass is 10.3. The molecule has 0 fully saturated rings. The Bertz CT molecular complexity index is 342. The molecule has 1 aromatic heterocycles. The minimum Gasteiger partial charge on any atom is -0.503 e. The standard InChI is InChI=1S/C6H6N2O3/c7-6(11)3-1-4(9)5(10)2-8-3/h1-2,10H,(H2,7,11)(H,8,9). The predicted octanol–water partition coefficient (Wildman–Crippen LogP) is -0.821. The SMILES string of the molecule is NC(=O)c1cc(=O)c(O)c[nH]1. The number of carbonyl (C=O) groups excluding carboxylic acids is 1. The number of aromatic amines is 1. The lowest BCUT2D eigenvalue weighted by Gasteiger charge is -1.93. The normalized spacial score (nSPS) is 9.45. The maximum Gasteiger partial charge on any atom is 0.265 e. The Morgan fingerprint density at radius 1 is 1.64 bits per heavy atom. The molecule has 0 aromatic carbocycles. The number of pyridine rings is 1. The molecule has 1 heterocycles. The minimum absolute atomic E-state index is 0.0206. The van der Waals surface area contributed by atoms with Crippen LogP contribution in [0.1, 0.15) is 10.5 Å². The Labute approximate surface area is 61.5 Å². The number of aromatic nitrogens is 1. The number of primary amides is 1. The van der Waals surface area contributed by atoms with E-state index in [2.05, 4.69) is 4.98 Å². The fourth-order valence-electron chi connectivity index (χ4n) is 0.606. The van der Waals surface area contributed by atoms with Crippen LogP contribution in [0, 0.1) is 0 Å². The number of hydrogen-bond acceptors (Lipinski definition) is 3. The first-order valence-corrected chi connectivity index (χ1v) is 2.83. The van der Waals surface area contributed by atoms with Gasteiger partial charge in [0.05, 0.1) is 0 Å². The molecular weight excluding hydrogens is 148 g/mol. The first-order valence-electron chi connectivity index (χ1n) is 2.83. The van der Waals surface area contributed by atoms with Crippen LogP contribution in [0.25, 0.3) is 0 Å². The van der Waals surface area contributed by atoms with Gasteiger partial charge in [-0.3, -0.25) is 9.59 Å². The van der Waals surface area contributed by atoms with Gasteiger partial charge in [-0.25, -0.2) is 0 Å². The lowest BCUT2D eigenvalue weighted by molar-refractivity contribution is 0.0995. The summed E-state index contributed by atoms with van der Waals surface area (Å²) in [4.78, 5) is 23.5. The summed E-state index contributed by atoms with van der Waals surface area (Å²) in [6.45, 7) is 0. The number of nitrogens with two attached hydrogens (primary N) is 1. The molecule has 0 saturated carbocycles. The Morgan fingerprint density at radius 3 is 2.73 bits per heavy atom. The Balaban J connectivity index is 3.26. The van der Waals surface area contributed by atoms with Crippen LogP contribution < -0.4 is 11.2 Å². The molecule has 1 rings (SSSR count). The number of rotatable bonds is 1. The van der Waals surface area contributed by atoms with Crippen LogP contribution in [-0.2, 0) is 0 Å². The van der Waals surface area contributed by atoms with E-state index < -0.39 is 17.1 Å². The fraction of sp³-hybridized carbons (Fsp3) is 0. The molecule has 0 bridgehead atoms. The molecule has 0 saturated heterocycles. The average Bonchev–Trinajstić information content (AvgIpc) is 1.94. The monoisotopic (exact) mass is 154 g/mol. The van der Waals surface area contributed by atoms with Gasteiger partial charge < -0.3 is 15.8 Å². The fourth-order valence-corrected chi connectivity index (χ4v) is 0.606. The maximum atomic E-state index is 10.7. The van der Waals surface area contributed by atoms with E-state index in [1.165, 1.54) is 0 Å². The number of hydrogen-bond donors (Lipinski definition) is 3. The zero-order valence-corrected chi connectivity index (χ0v) is 5.50. The van der Waals surface area contributed by atoms with E-state index in [0.717, 1.165) is 12.3 Å². The zero-order chi connectivity index (χ0) is 8.43. The Hall–Kier alpha value is -1.78. The maximum absolute atomic E-state index is 10.7. The summed E-state index contributed by atoms with van der Waals surface area (Å²) in [6, 6.07) is 0.942. The summed E-state index contributed by atoms with van der Waals surface area (Å²) in [6.07, 6.45) is 1.02. The minimum atomic E-state index is -0.734. The lowest BCUT2D eigenvalue weighted by Crippen LogP contribution is -2.15. The summed E-state index contributed by atoms with van der Waals surface area (Å²) in [5, 5.41) is 8.73. The van der Waals surface area contributed by atoms with Crippen molar-refractivity contribution < 1.29 is 9.90 Å². The van der Waals surface area contributed by atoms with Crippen LogP contribution in [0.4, 0.5) is 0 Å². The van der Waals surface area contributed by atoms with Gasteiger partial charge in [0, 0.05) is 12.3 Å². The molecule has 1 amide bonds. The van der Waals surface area contributed by atoms with E-state index in [4.69, 9.17) is 10.8 Å². The highest BCUT2D eigenvalue weighted by Crippen LogP contribution is 1.96. The second kappa shape index (κ2) is 2.45. The molecule has 4 N–H and O–H groups in total. The van der Waals surface area contributed by atoms with Crippen LogP contribution in [-0.4, -0.2) is 16.0 Å². The number of amides is 1. The molecule has 0 aliphatic carbocycles. The van der Waals surface area contributed by atoms with Crippen molar-refractivity contribution in [2.75, 3.05) is 0 Å². The quantitative estimate of drug-likeness (QED) is 0.493. The van der Waals surface area contributed by atoms with Crippen molar-refractivity contribution in [1.29, 1.82) is 0 Å². The molecule has 11 heavy (non-hydrogen) atoms. The van der Waals surface area contributed by atoms with E-state index >= 15 is 0 Å². The third-order valence-corrected chi connectivity index (χ3v) is 1.16. The van der Waals surface area contributed by atoms with Gasteiger partial charge >= 0.3 is 0 Å². The highest BCUT2D eigenvalue weighted by Gasteiger charge is 2.02. The van der Waals surface area contributed by atoms with Crippen LogP contribution in [0.2, 0.25) is 0 Å².